The van der Waals surface area contributed by atoms with Crippen molar-refractivity contribution in [2.75, 3.05) is 23.0 Å². The van der Waals surface area contributed by atoms with Crippen LogP contribution in [-0.2, 0) is 22.9 Å². The number of aromatic nitrogens is 1. The van der Waals surface area contributed by atoms with E-state index >= 15 is 0 Å². The van der Waals surface area contributed by atoms with Crippen molar-refractivity contribution in [2.45, 2.75) is 24.7 Å². The third kappa shape index (κ3) is 5.00. The molecule has 2 aliphatic rings. The molecule has 2 aliphatic heterocycles. The first-order chi connectivity index (χ1) is 22.3. The SMILES string of the molecule is Cc1c(Cc2ccc3c(c2)OCO3)sc(NC(=O)c2ccc(S(=O)(=O)N3CCc4ccccc43)cc2)c1-c1nc2ccccc2s1. The molecule has 0 bridgehead atoms. The number of thiazole rings is 1. The molecule has 230 valence electrons. The van der Waals surface area contributed by atoms with E-state index in [-0.39, 0.29) is 17.6 Å². The molecule has 0 radical (unpaired) electrons. The van der Waals surface area contributed by atoms with Gasteiger partial charge in [-0.3, -0.25) is 9.10 Å². The van der Waals surface area contributed by atoms with Gasteiger partial charge in [0.1, 0.15) is 10.0 Å². The summed E-state index contributed by atoms with van der Waals surface area (Å²) in [5.74, 6) is 1.14. The number of amides is 1. The van der Waals surface area contributed by atoms with Gasteiger partial charge in [-0.15, -0.1) is 22.7 Å². The Labute approximate surface area is 273 Å². The second-order valence-electron chi connectivity index (χ2n) is 11.1. The molecule has 0 fully saturated rings. The Morgan fingerprint density at radius 1 is 0.935 bits per heavy atom. The quantitative estimate of drug-likeness (QED) is 0.188. The summed E-state index contributed by atoms with van der Waals surface area (Å²) in [7, 11) is -3.76. The molecule has 2 aromatic heterocycles. The minimum atomic E-state index is -3.76. The van der Waals surface area contributed by atoms with Gasteiger partial charge in [0.25, 0.3) is 15.9 Å². The van der Waals surface area contributed by atoms with Crippen LogP contribution in [0.4, 0.5) is 10.7 Å². The lowest BCUT2D eigenvalue weighted by atomic mass is 10.1. The molecule has 0 saturated heterocycles. The first kappa shape index (κ1) is 28.7. The summed E-state index contributed by atoms with van der Waals surface area (Å²) in [6.07, 6.45) is 1.32. The van der Waals surface area contributed by atoms with E-state index in [1.165, 1.54) is 27.8 Å². The van der Waals surface area contributed by atoms with E-state index in [2.05, 4.69) is 12.2 Å². The average Bonchev–Trinajstić information content (AvgIpc) is 3.86. The van der Waals surface area contributed by atoms with E-state index in [1.54, 1.807) is 23.5 Å². The highest BCUT2D eigenvalue weighted by atomic mass is 32.2. The lowest BCUT2D eigenvalue weighted by Crippen LogP contribution is -2.29. The van der Waals surface area contributed by atoms with Crippen molar-refractivity contribution in [1.82, 2.24) is 4.98 Å². The summed E-state index contributed by atoms with van der Waals surface area (Å²) in [6, 6.07) is 27.6. The van der Waals surface area contributed by atoms with Crippen LogP contribution in [0.15, 0.2) is 95.9 Å². The van der Waals surface area contributed by atoms with Crippen LogP contribution in [0, 0.1) is 6.92 Å². The fraction of sp³-hybridized carbons (Fsp3) is 0.143. The molecular formula is C35H27N3O5S3. The minimum absolute atomic E-state index is 0.147. The fourth-order valence-corrected chi connectivity index (χ4v) is 9.81. The number of nitrogens with one attached hydrogen (secondary N) is 1. The number of para-hydroxylation sites is 2. The van der Waals surface area contributed by atoms with E-state index in [0.717, 1.165) is 53.9 Å². The highest BCUT2D eigenvalue weighted by Crippen LogP contribution is 2.45. The Morgan fingerprint density at radius 3 is 2.57 bits per heavy atom. The van der Waals surface area contributed by atoms with Gasteiger partial charge in [0.2, 0.25) is 6.79 Å². The molecule has 46 heavy (non-hydrogen) atoms. The van der Waals surface area contributed by atoms with Crippen molar-refractivity contribution in [3.8, 4) is 22.1 Å². The highest BCUT2D eigenvalue weighted by molar-refractivity contribution is 7.92. The Bertz CT molecular complexity index is 2220. The number of sulfonamides is 1. The third-order valence-electron chi connectivity index (χ3n) is 8.33. The molecule has 4 aromatic carbocycles. The minimum Gasteiger partial charge on any atom is -0.454 e. The maximum absolute atomic E-state index is 13.6. The molecule has 0 saturated carbocycles. The molecule has 1 amide bonds. The topological polar surface area (TPSA) is 97.8 Å². The molecule has 0 aliphatic carbocycles. The first-order valence-electron chi connectivity index (χ1n) is 14.7. The van der Waals surface area contributed by atoms with Gasteiger partial charge in [-0.2, -0.15) is 0 Å². The van der Waals surface area contributed by atoms with Gasteiger partial charge in [-0.05, 0) is 84.6 Å². The van der Waals surface area contributed by atoms with E-state index in [1.807, 2.05) is 66.7 Å². The van der Waals surface area contributed by atoms with Gasteiger partial charge in [-0.1, -0.05) is 36.4 Å². The largest absolute Gasteiger partial charge is 0.454 e. The molecule has 1 N–H and O–H groups in total. The zero-order valence-electron chi connectivity index (χ0n) is 24.6. The number of benzene rings is 4. The molecule has 0 atom stereocenters. The van der Waals surface area contributed by atoms with Crippen LogP contribution in [0.2, 0.25) is 0 Å². The molecular weight excluding hydrogens is 639 g/mol. The normalized spacial score (nSPS) is 13.7. The first-order valence-corrected chi connectivity index (χ1v) is 17.8. The zero-order chi connectivity index (χ0) is 31.4. The predicted octanol–water partition coefficient (Wildman–Crippen LogP) is 7.66. The van der Waals surface area contributed by atoms with Gasteiger partial charge in [-0.25, -0.2) is 13.4 Å². The smallest absolute Gasteiger partial charge is 0.264 e. The van der Waals surface area contributed by atoms with Crippen LogP contribution in [0.3, 0.4) is 0 Å². The van der Waals surface area contributed by atoms with Gasteiger partial charge >= 0.3 is 0 Å². The maximum Gasteiger partial charge on any atom is 0.264 e. The number of hydrogen-bond donors (Lipinski definition) is 1. The number of thiophene rings is 1. The van der Waals surface area contributed by atoms with Crippen LogP contribution in [0.1, 0.15) is 31.9 Å². The molecule has 8 rings (SSSR count). The van der Waals surface area contributed by atoms with Crippen LogP contribution in [0.25, 0.3) is 20.8 Å². The Balaban J connectivity index is 1.10. The number of fused-ring (bicyclic) bond motifs is 3. The second-order valence-corrected chi connectivity index (χ2v) is 15.1. The van der Waals surface area contributed by atoms with Gasteiger partial charge < -0.3 is 14.8 Å². The Kier molecular flexibility index (Phi) is 7.04. The molecule has 8 nitrogen and oxygen atoms in total. The predicted molar refractivity (Wildman–Crippen MR) is 182 cm³/mol. The number of carbonyl (C=O) groups is 1. The van der Waals surface area contributed by atoms with Crippen molar-refractivity contribution >= 4 is 59.5 Å². The summed E-state index contributed by atoms with van der Waals surface area (Å²) in [5, 5.41) is 4.65. The van der Waals surface area contributed by atoms with Crippen molar-refractivity contribution in [2.24, 2.45) is 0 Å². The van der Waals surface area contributed by atoms with Crippen LogP contribution in [0.5, 0.6) is 11.5 Å². The molecule has 0 spiro atoms. The van der Waals surface area contributed by atoms with Crippen LogP contribution < -0.4 is 19.1 Å². The number of anilines is 2. The van der Waals surface area contributed by atoms with E-state index in [4.69, 9.17) is 14.5 Å². The van der Waals surface area contributed by atoms with Crippen LogP contribution >= 0.6 is 22.7 Å². The molecule has 6 aromatic rings. The number of rotatable bonds is 7. The Hall–Kier alpha value is -4.71. The summed E-state index contributed by atoms with van der Waals surface area (Å²) >= 11 is 3.11. The Morgan fingerprint density at radius 2 is 1.72 bits per heavy atom. The molecule has 0 unspecified atom stereocenters. The summed E-state index contributed by atoms with van der Waals surface area (Å²) in [4.78, 5) is 19.8. The number of hydrogen-bond acceptors (Lipinski definition) is 8. The number of nitrogens with zero attached hydrogens (tertiary/aromatic N) is 2. The molecule has 11 heteroatoms. The number of ether oxygens (including phenoxy) is 2. The van der Waals surface area contributed by atoms with Gasteiger partial charge in [0.05, 0.1) is 20.8 Å². The summed E-state index contributed by atoms with van der Waals surface area (Å²) in [6.45, 7) is 2.67. The summed E-state index contributed by atoms with van der Waals surface area (Å²) in [5.41, 5.74) is 5.98. The maximum atomic E-state index is 13.6. The van der Waals surface area contributed by atoms with Gasteiger partial charge in [0, 0.05) is 29.0 Å². The number of carbonyl (C=O) groups excluding carboxylic acids is 1. The fourth-order valence-electron chi connectivity index (χ4n) is 5.93. The highest BCUT2D eigenvalue weighted by Gasteiger charge is 2.31. The summed E-state index contributed by atoms with van der Waals surface area (Å²) < 4.78 is 40.6. The lowest BCUT2D eigenvalue weighted by molar-refractivity contribution is 0.102. The lowest BCUT2D eigenvalue weighted by Gasteiger charge is -2.19. The second kappa shape index (κ2) is 11.3. The van der Waals surface area contributed by atoms with Crippen molar-refractivity contribution < 1.29 is 22.7 Å². The van der Waals surface area contributed by atoms with E-state index in [9.17, 15) is 13.2 Å². The monoisotopic (exact) mass is 665 g/mol. The van der Waals surface area contributed by atoms with E-state index in [0.29, 0.717) is 35.6 Å². The van der Waals surface area contributed by atoms with Gasteiger partial charge in [0.15, 0.2) is 11.5 Å². The standard InChI is InChI=1S/C35H27N3O5S3/c1-21-31(19-22-10-15-28-29(18-22)43-20-42-28)45-35(32(21)34-36-26-7-3-5-9-30(26)44-34)37-33(39)24-11-13-25(14-12-24)46(40,41)38-17-16-23-6-2-4-8-27(23)38/h2-15,18H,16-17,19-20H2,1H3,(H,37,39). The average molecular weight is 666 g/mol. The molecule has 4 heterocycles. The van der Waals surface area contributed by atoms with Crippen molar-refractivity contribution in [3.63, 3.8) is 0 Å². The van der Waals surface area contributed by atoms with E-state index < -0.39 is 10.0 Å². The third-order valence-corrected chi connectivity index (χ3v) is 12.4. The van der Waals surface area contributed by atoms with Crippen LogP contribution in [-0.4, -0.2) is 32.6 Å². The van der Waals surface area contributed by atoms with Crippen molar-refractivity contribution in [1.29, 1.82) is 0 Å². The van der Waals surface area contributed by atoms with Crippen molar-refractivity contribution in [3.05, 3.63) is 118 Å². The zero-order valence-corrected chi connectivity index (χ0v) is 27.1.